The third-order valence-electron chi connectivity index (χ3n) is 5.38. The molecule has 0 fully saturated rings. The molecule has 1 heterocycles. The SMILES string of the molecule is Cc1cc(NC(=O)c2cn(-c3ccccc3)nc2-c2ccccc2)cc(Oc2ccc(I)cc2)c1. The van der Waals surface area contributed by atoms with E-state index in [9.17, 15) is 4.79 Å². The smallest absolute Gasteiger partial charge is 0.259 e. The van der Waals surface area contributed by atoms with Crippen LogP contribution in [0.15, 0.2) is 109 Å². The van der Waals surface area contributed by atoms with Gasteiger partial charge in [-0.2, -0.15) is 5.10 Å². The van der Waals surface area contributed by atoms with Gasteiger partial charge in [0.2, 0.25) is 0 Å². The number of nitrogens with zero attached hydrogens (tertiary/aromatic N) is 2. The number of amides is 1. The molecule has 5 aromatic rings. The van der Waals surface area contributed by atoms with Gasteiger partial charge in [0, 0.05) is 27.1 Å². The second-order valence-corrected chi connectivity index (χ2v) is 9.33. The molecule has 1 amide bonds. The fourth-order valence-corrected chi connectivity index (χ4v) is 4.14. The van der Waals surface area contributed by atoms with Crippen LogP contribution in [0.2, 0.25) is 0 Å². The van der Waals surface area contributed by atoms with Crippen LogP contribution < -0.4 is 10.1 Å². The van der Waals surface area contributed by atoms with Crippen LogP contribution in [0.3, 0.4) is 0 Å². The lowest BCUT2D eigenvalue weighted by atomic mass is 10.1. The molecule has 6 heteroatoms. The summed E-state index contributed by atoms with van der Waals surface area (Å²) in [6.07, 6.45) is 1.77. The second kappa shape index (κ2) is 10.1. The van der Waals surface area contributed by atoms with Gasteiger partial charge >= 0.3 is 0 Å². The van der Waals surface area contributed by atoms with Crippen LogP contribution in [-0.4, -0.2) is 15.7 Å². The Morgan fingerprint density at radius 3 is 2.26 bits per heavy atom. The second-order valence-electron chi connectivity index (χ2n) is 8.08. The van der Waals surface area contributed by atoms with E-state index in [1.807, 2.05) is 110 Å². The molecule has 0 unspecified atom stereocenters. The summed E-state index contributed by atoms with van der Waals surface area (Å²) in [4.78, 5) is 13.5. The topological polar surface area (TPSA) is 56.2 Å². The molecule has 0 radical (unpaired) electrons. The predicted octanol–water partition coefficient (Wildman–Crippen LogP) is 7.50. The molecule has 0 saturated heterocycles. The number of hydrogen-bond donors (Lipinski definition) is 1. The van der Waals surface area contributed by atoms with E-state index in [2.05, 4.69) is 27.9 Å². The normalized spacial score (nSPS) is 10.7. The van der Waals surface area contributed by atoms with Crippen molar-refractivity contribution < 1.29 is 9.53 Å². The maximum Gasteiger partial charge on any atom is 0.259 e. The lowest BCUT2D eigenvalue weighted by molar-refractivity contribution is 0.102. The molecule has 172 valence electrons. The van der Waals surface area contributed by atoms with Crippen LogP contribution in [0.1, 0.15) is 15.9 Å². The third-order valence-corrected chi connectivity index (χ3v) is 6.10. The highest BCUT2D eigenvalue weighted by Gasteiger charge is 2.19. The molecule has 0 aliphatic rings. The number of aryl methyl sites for hydroxylation is 1. The van der Waals surface area contributed by atoms with E-state index in [0.717, 1.165) is 26.1 Å². The van der Waals surface area contributed by atoms with Crippen molar-refractivity contribution in [2.24, 2.45) is 0 Å². The summed E-state index contributed by atoms with van der Waals surface area (Å²) in [5, 5.41) is 7.78. The van der Waals surface area contributed by atoms with Crippen molar-refractivity contribution in [2.75, 3.05) is 5.32 Å². The number of rotatable bonds is 6. The molecule has 0 bridgehead atoms. The zero-order valence-corrected chi connectivity index (χ0v) is 21.1. The standard InChI is InChI=1S/C29H22IN3O2/c1-20-16-23(18-26(17-20)35-25-14-12-22(30)13-15-25)31-29(34)27-19-33(24-10-6-3-7-11-24)32-28(27)21-8-4-2-5-9-21/h2-19H,1H3,(H,31,34). The number of para-hydroxylation sites is 1. The van der Waals surface area contributed by atoms with E-state index in [0.29, 0.717) is 22.7 Å². The van der Waals surface area contributed by atoms with Gasteiger partial charge in [-0.3, -0.25) is 4.79 Å². The minimum Gasteiger partial charge on any atom is -0.457 e. The Labute approximate surface area is 217 Å². The van der Waals surface area contributed by atoms with Gasteiger partial charge in [-0.05, 0) is 83.6 Å². The highest BCUT2D eigenvalue weighted by atomic mass is 127. The molecule has 4 aromatic carbocycles. The van der Waals surface area contributed by atoms with Crippen LogP contribution in [-0.2, 0) is 0 Å². The summed E-state index contributed by atoms with van der Waals surface area (Å²) in [5.74, 6) is 1.16. The molecule has 35 heavy (non-hydrogen) atoms. The Bertz CT molecular complexity index is 1460. The van der Waals surface area contributed by atoms with Crippen molar-refractivity contribution in [1.29, 1.82) is 0 Å². The lowest BCUT2D eigenvalue weighted by Gasteiger charge is -2.11. The summed E-state index contributed by atoms with van der Waals surface area (Å²) in [5.41, 5.74) is 4.50. The third kappa shape index (κ3) is 5.44. The van der Waals surface area contributed by atoms with E-state index in [-0.39, 0.29) is 5.91 Å². The van der Waals surface area contributed by atoms with Gasteiger partial charge in [0.25, 0.3) is 5.91 Å². The number of benzene rings is 4. The molecule has 0 aliphatic carbocycles. The van der Waals surface area contributed by atoms with Gasteiger partial charge in [0.15, 0.2) is 0 Å². The van der Waals surface area contributed by atoms with Gasteiger partial charge < -0.3 is 10.1 Å². The van der Waals surface area contributed by atoms with Crippen LogP contribution in [0.4, 0.5) is 5.69 Å². The lowest BCUT2D eigenvalue weighted by Crippen LogP contribution is -2.12. The molecular formula is C29H22IN3O2. The number of anilines is 1. The highest BCUT2D eigenvalue weighted by Crippen LogP contribution is 2.28. The quantitative estimate of drug-likeness (QED) is 0.215. The number of carbonyl (C=O) groups excluding carboxylic acids is 1. The van der Waals surface area contributed by atoms with Gasteiger partial charge in [0.1, 0.15) is 17.2 Å². The first-order chi connectivity index (χ1) is 17.0. The van der Waals surface area contributed by atoms with Crippen molar-refractivity contribution >= 4 is 34.2 Å². The summed E-state index contributed by atoms with van der Waals surface area (Å²) in [7, 11) is 0. The van der Waals surface area contributed by atoms with Crippen molar-refractivity contribution in [3.05, 3.63) is 124 Å². The number of aromatic nitrogens is 2. The van der Waals surface area contributed by atoms with Crippen LogP contribution in [0.25, 0.3) is 16.9 Å². The minimum atomic E-state index is -0.239. The highest BCUT2D eigenvalue weighted by molar-refractivity contribution is 14.1. The molecule has 5 rings (SSSR count). The average molecular weight is 571 g/mol. The van der Waals surface area contributed by atoms with E-state index in [4.69, 9.17) is 9.84 Å². The van der Waals surface area contributed by atoms with Crippen molar-refractivity contribution in [1.82, 2.24) is 9.78 Å². The number of hydrogen-bond acceptors (Lipinski definition) is 3. The maximum atomic E-state index is 13.5. The number of carbonyl (C=O) groups is 1. The Morgan fingerprint density at radius 2 is 1.54 bits per heavy atom. The van der Waals surface area contributed by atoms with Crippen molar-refractivity contribution in [2.45, 2.75) is 6.92 Å². The summed E-state index contributed by atoms with van der Waals surface area (Å²) in [6.45, 7) is 1.97. The Balaban J connectivity index is 1.46. The largest absolute Gasteiger partial charge is 0.457 e. The van der Waals surface area contributed by atoms with E-state index in [1.54, 1.807) is 10.9 Å². The molecular weight excluding hydrogens is 549 g/mol. The van der Waals surface area contributed by atoms with Crippen LogP contribution in [0.5, 0.6) is 11.5 Å². The van der Waals surface area contributed by atoms with Crippen molar-refractivity contribution in [3.63, 3.8) is 0 Å². The van der Waals surface area contributed by atoms with E-state index >= 15 is 0 Å². The van der Waals surface area contributed by atoms with Gasteiger partial charge in [0.05, 0.1) is 11.3 Å². The number of halogens is 1. The van der Waals surface area contributed by atoms with Gasteiger partial charge in [-0.25, -0.2) is 4.68 Å². The van der Waals surface area contributed by atoms with E-state index in [1.165, 1.54) is 0 Å². The molecule has 5 nitrogen and oxygen atoms in total. The zero-order chi connectivity index (χ0) is 24.2. The molecule has 1 N–H and O–H groups in total. The summed E-state index contributed by atoms with van der Waals surface area (Å²) < 4.78 is 8.90. The predicted molar refractivity (Wildman–Crippen MR) is 147 cm³/mol. The van der Waals surface area contributed by atoms with Gasteiger partial charge in [-0.15, -0.1) is 0 Å². The molecule has 1 aromatic heterocycles. The average Bonchev–Trinajstić information content (AvgIpc) is 3.32. The first-order valence-corrected chi connectivity index (χ1v) is 12.2. The Hall–Kier alpha value is -3.91. The summed E-state index contributed by atoms with van der Waals surface area (Å²) >= 11 is 2.26. The molecule has 0 saturated carbocycles. The zero-order valence-electron chi connectivity index (χ0n) is 19.0. The van der Waals surface area contributed by atoms with E-state index < -0.39 is 0 Å². The maximum absolute atomic E-state index is 13.5. The van der Waals surface area contributed by atoms with Gasteiger partial charge in [-0.1, -0.05) is 48.5 Å². The van der Waals surface area contributed by atoms with Crippen molar-refractivity contribution in [3.8, 4) is 28.4 Å². The van der Waals surface area contributed by atoms with Crippen LogP contribution in [0, 0.1) is 10.5 Å². The fourth-order valence-electron chi connectivity index (χ4n) is 3.78. The number of nitrogens with one attached hydrogen (secondary N) is 1. The molecule has 0 atom stereocenters. The first kappa shape index (κ1) is 22.9. The van der Waals surface area contributed by atoms with Crippen LogP contribution >= 0.6 is 22.6 Å². The fraction of sp³-hybridized carbons (Fsp3) is 0.0345. The minimum absolute atomic E-state index is 0.239. The molecule has 0 spiro atoms. The summed E-state index contributed by atoms with van der Waals surface area (Å²) in [6, 6.07) is 33.0. The number of ether oxygens (including phenoxy) is 1. The first-order valence-electron chi connectivity index (χ1n) is 11.1. The monoisotopic (exact) mass is 571 g/mol. The molecule has 0 aliphatic heterocycles. The Morgan fingerprint density at radius 1 is 0.857 bits per heavy atom. The Kier molecular flexibility index (Phi) is 6.63.